The topological polar surface area (TPSA) is 92.4 Å². The van der Waals surface area contributed by atoms with Gasteiger partial charge in [-0.15, -0.1) is 11.8 Å². The van der Waals surface area contributed by atoms with Crippen LogP contribution in [0, 0.1) is 0 Å². The maximum absolute atomic E-state index is 11.8. The van der Waals surface area contributed by atoms with Crippen LogP contribution in [0.25, 0.3) is 0 Å². The van der Waals surface area contributed by atoms with Gasteiger partial charge in [0.15, 0.2) is 0 Å². The molecule has 0 heterocycles. The summed E-state index contributed by atoms with van der Waals surface area (Å²) >= 11 is 1.29. The lowest BCUT2D eigenvalue weighted by Gasteiger charge is -2.17. The Balaban J connectivity index is 2.24. The molecule has 1 fully saturated rings. The van der Waals surface area contributed by atoms with E-state index < -0.39 is 12.0 Å². The molecule has 17 heavy (non-hydrogen) atoms. The van der Waals surface area contributed by atoms with E-state index in [9.17, 15) is 9.59 Å². The molecule has 0 spiro atoms. The Morgan fingerprint density at radius 3 is 2.59 bits per heavy atom. The Hall–Kier alpha value is -0.750. The van der Waals surface area contributed by atoms with Gasteiger partial charge in [-0.3, -0.25) is 9.59 Å². The van der Waals surface area contributed by atoms with Crippen molar-refractivity contribution in [2.75, 3.05) is 5.75 Å². The molecule has 1 unspecified atom stereocenters. The molecular weight excluding hydrogens is 240 g/mol. The van der Waals surface area contributed by atoms with Crippen molar-refractivity contribution in [2.45, 2.75) is 49.9 Å². The lowest BCUT2D eigenvalue weighted by molar-refractivity contribution is -0.138. The lowest BCUT2D eigenvalue weighted by atomic mass is 10.2. The minimum Gasteiger partial charge on any atom is -0.480 e. The van der Waals surface area contributed by atoms with Crippen LogP contribution in [0.2, 0.25) is 0 Å². The van der Waals surface area contributed by atoms with Gasteiger partial charge in [0.25, 0.3) is 0 Å². The van der Waals surface area contributed by atoms with E-state index in [2.05, 4.69) is 5.32 Å². The van der Waals surface area contributed by atoms with Crippen molar-refractivity contribution in [3.05, 3.63) is 0 Å². The first-order chi connectivity index (χ1) is 8.00. The average molecular weight is 260 g/mol. The van der Waals surface area contributed by atoms with Crippen molar-refractivity contribution >= 4 is 23.6 Å². The predicted molar refractivity (Wildman–Crippen MR) is 67.9 cm³/mol. The molecular formula is C11H20N2O3S. The summed E-state index contributed by atoms with van der Waals surface area (Å²) in [5.41, 5.74) is 5.38. The zero-order valence-electron chi connectivity index (χ0n) is 10.0. The van der Waals surface area contributed by atoms with E-state index >= 15 is 0 Å². The third kappa shape index (κ3) is 4.95. The second-order valence-corrected chi connectivity index (χ2v) is 5.78. The first-order valence-corrected chi connectivity index (χ1v) is 6.96. The molecule has 98 valence electrons. The van der Waals surface area contributed by atoms with Gasteiger partial charge in [0.1, 0.15) is 6.04 Å². The highest BCUT2D eigenvalue weighted by atomic mass is 32.2. The zero-order valence-corrected chi connectivity index (χ0v) is 10.8. The fraction of sp³-hybridized carbons (Fsp3) is 0.818. The minimum atomic E-state index is -1.03. The number of hydrogen-bond donors (Lipinski definition) is 3. The number of nitrogens with two attached hydrogens (primary N) is 1. The average Bonchev–Trinajstić information content (AvgIpc) is 2.77. The highest BCUT2D eigenvalue weighted by molar-refractivity contribution is 8.00. The number of carboxylic acids is 1. The van der Waals surface area contributed by atoms with E-state index in [1.165, 1.54) is 24.6 Å². The summed E-state index contributed by atoms with van der Waals surface area (Å²) in [5, 5.41) is 11.4. The van der Waals surface area contributed by atoms with Crippen LogP contribution in [-0.2, 0) is 9.59 Å². The third-order valence-corrected chi connectivity index (χ3v) is 4.18. The smallest absolute Gasteiger partial charge is 0.321 e. The summed E-state index contributed by atoms with van der Waals surface area (Å²) in [6, 6.07) is -0.597. The maximum Gasteiger partial charge on any atom is 0.321 e. The SMILES string of the molecule is CC(SC[C@H](N)C(=O)O)C(=O)NC1CCCC1. The molecule has 0 bridgehead atoms. The molecule has 0 aliphatic heterocycles. The molecule has 0 aromatic carbocycles. The minimum absolute atomic E-state index is 0.0144. The van der Waals surface area contributed by atoms with Gasteiger partial charge in [0.2, 0.25) is 5.91 Å². The fourth-order valence-electron chi connectivity index (χ4n) is 1.78. The standard InChI is InChI=1S/C11H20N2O3S/c1-7(17-6-9(12)11(15)16)10(14)13-8-4-2-3-5-8/h7-9H,2-6,12H2,1H3,(H,13,14)(H,15,16)/t7?,9-/m0/s1. The van der Waals surface area contributed by atoms with Crippen molar-refractivity contribution in [2.24, 2.45) is 5.73 Å². The van der Waals surface area contributed by atoms with Crippen molar-refractivity contribution in [3.63, 3.8) is 0 Å². The monoisotopic (exact) mass is 260 g/mol. The van der Waals surface area contributed by atoms with Crippen molar-refractivity contribution in [3.8, 4) is 0 Å². The number of aliphatic carboxylic acids is 1. The summed E-state index contributed by atoms with van der Waals surface area (Å²) in [6.45, 7) is 1.78. The van der Waals surface area contributed by atoms with Gasteiger partial charge in [0, 0.05) is 11.8 Å². The first-order valence-electron chi connectivity index (χ1n) is 5.91. The summed E-state index contributed by atoms with van der Waals surface area (Å²) < 4.78 is 0. The summed E-state index contributed by atoms with van der Waals surface area (Å²) in [6.07, 6.45) is 4.46. The Kier molecular flexibility index (Phi) is 5.77. The number of carboxylic acid groups (broad SMARTS) is 1. The molecule has 1 aliphatic rings. The number of amides is 1. The first kappa shape index (κ1) is 14.3. The molecule has 1 saturated carbocycles. The van der Waals surface area contributed by atoms with Crippen LogP contribution in [-0.4, -0.2) is 40.1 Å². The Bertz CT molecular complexity index is 280. The van der Waals surface area contributed by atoms with Crippen LogP contribution < -0.4 is 11.1 Å². The fourth-order valence-corrected chi connectivity index (χ4v) is 2.64. The largest absolute Gasteiger partial charge is 0.480 e. The quantitative estimate of drug-likeness (QED) is 0.649. The summed E-state index contributed by atoms with van der Waals surface area (Å²) in [4.78, 5) is 22.3. The van der Waals surface area contributed by atoms with Gasteiger partial charge in [-0.1, -0.05) is 12.8 Å². The highest BCUT2D eigenvalue weighted by Crippen LogP contribution is 2.19. The van der Waals surface area contributed by atoms with E-state index in [4.69, 9.17) is 10.8 Å². The van der Waals surface area contributed by atoms with Gasteiger partial charge in [-0.2, -0.15) is 0 Å². The molecule has 1 aliphatic carbocycles. The molecule has 0 aromatic rings. The molecule has 1 amide bonds. The van der Waals surface area contributed by atoms with Crippen molar-refractivity contribution < 1.29 is 14.7 Å². The van der Waals surface area contributed by atoms with Gasteiger partial charge in [0.05, 0.1) is 5.25 Å². The second kappa shape index (κ2) is 6.86. The highest BCUT2D eigenvalue weighted by Gasteiger charge is 2.22. The van der Waals surface area contributed by atoms with Gasteiger partial charge in [-0.25, -0.2) is 0 Å². The molecule has 0 aromatic heterocycles. The Morgan fingerprint density at radius 2 is 2.06 bits per heavy atom. The van der Waals surface area contributed by atoms with E-state index in [1.807, 2.05) is 0 Å². The molecule has 4 N–H and O–H groups in total. The van der Waals surface area contributed by atoms with E-state index in [0.29, 0.717) is 6.04 Å². The molecule has 2 atom stereocenters. The molecule has 5 nitrogen and oxygen atoms in total. The van der Waals surface area contributed by atoms with Crippen LogP contribution in [0.5, 0.6) is 0 Å². The van der Waals surface area contributed by atoms with E-state index in [-0.39, 0.29) is 16.9 Å². The Morgan fingerprint density at radius 1 is 1.47 bits per heavy atom. The number of thioether (sulfide) groups is 1. The van der Waals surface area contributed by atoms with E-state index in [0.717, 1.165) is 12.8 Å². The molecule has 6 heteroatoms. The van der Waals surface area contributed by atoms with Gasteiger partial charge in [-0.05, 0) is 19.8 Å². The number of carbonyl (C=O) groups excluding carboxylic acids is 1. The van der Waals surface area contributed by atoms with Gasteiger partial charge >= 0.3 is 5.97 Å². The summed E-state index contributed by atoms with van der Waals surface area (Å²) in [7, 11) is 0. The second-order valence-electron chi connectivity index (χ2n) is 4.41. The predicted octanol–water partition coefficient (Wildman–Crippen LogP) is 0.579. The van der Waals surface area contributed by atoms with Crippen molar-refractivity contribution in [1.82, 2.24) is 5.32 Å². The van der Waals surface area contributed by atoms with Gasteiger partial charge < -0.3 is 16.2 Å². The number of hydrogen-bond acceptors (Lipinski definition) is 4. The molecule has 1 rings (SSSR count). The number of rotatable bonds is 6. The van der Waals surface area contributed by atoms with Crippen LogP contribution >= 0.6 is 11.8 Å². The molecule has 0 saturated heterocycles. The number of nitrogens with one attached hydrogen (secondary N) is 1. The van der Waals surface area contributed by atoms with E-state index in [1.54, 1.807) is 6.92 Å². The molecule has 0 radical (unpaired) electrons. The van der Waals surface area contributed by atoms with Crippen LogP contribution in [0.3, 0.4) is 0 Å². The van der Waals surface area contributed by atoms with Crippen LogP contribution in [0.15, 0.2) is 0 Å². The Labute approximate surface area is 106 Å². The summed E-state index contributed by atoms with van der Waals surface area (Å²) in [5.74, 6) is -0.783. The number of carbonyl (C=O) groups is 2. The zero-order chi connectivity index (χ0) is 12.8. The lowest BCUT2D eigenvalue weighted by Crippen LogP contribution is -2.39. The third-order valence-electron chi connectivity index (χ3n) is 2.91. The van der Waals surface area contributed by atoms with Crippen molar-refractivity contribution in [1.29, 1.82) is 0 Å². The normalized spacial score (nSPS) is 19.9. The maximum atomic E-state index is 11.8. The van der Waals surface area contributed by atoms with Crippen LogP contribution in [0.1, 0.15) is 32.6 Å². The van der Waals surface area contributed by atoms with Crippen LogP contribution in [0.4, 0.5) is 0 Å².